The maximum atomic E-state index is 12.4. The molecule has 0 fully saturated rings. The van der Waals surface area contributed by atoms with Crippen molar-refractivity contribution in [1.29, 1.82) is 0 Å². The number of ether oxygens (including phenoxy) is 1. The Balaban J connectivity index is 1.57. The number of carbonyl (C=O) groups excluding carboxylic acids is 1. The predicted molar refractivity (Wildman–Crippen MR) is 88.9 cm³/mol. The van der Waals surface area contributed by atoms with Gasteiger partial charge in [-0.05, 0) is 26.3 Å². The van der Waals surface area contributed by atoms with Crippen molar-refractivity contribution in [3.05, 3.63) is 51.7 Å². The SMILES string of the molecule is C[C@@H]1Cc2c(C(=O)NCCCn3ccccc3=O)n[nH]c2[C@H](C)O1. The average molecular weight is 330 g/mol. The molecule has 1 amide bonds. The summed E-state index contributed by atoms with van der Waals surface area (Å²) in [7, 11) is 0. The summed E-state index contributed by atoms with van der Waals surface area (Å²) in [6, 6.07) is 5.06. The molecule has 1 aliphatic rings. The zero-order chi connectivity index (χ0) is 17.1. The Hall–Kier alpha value is -2.41. The van der Waals surface area contributed by atoms with Gasteiger partial charge in [-0.15, -0.1) is 0 Å². The summed E-state index contributed by atoms with van der Waals surface area (Å²) < 4.78 is 7.36. The van der Waals surface area contributed by atoms with Crippen LogP contribution in [-0.2, 0) is 17.7 Å². The van der Waals surface area contributed by atoms with E-state index in [1.807, 2.05) is 19.9 Å². The molecule has 0 bridgehead atoms. The molecule has 128 valence electrons. The van der Waals surface area contributed by atoms with E-state index in [1.54, 1.807) is 16.8 Å². The summed E-state index contributed by atoms with van der Waals surface area (Å²) in [4.78, 5) is 24.0. The van der Waals surface area contributed by atoms with Crippen molar-refractivity contribution < 1.29 is 9.53 Å². The van der Waals surface area contributed by atoms with Crippen LogP contribution in [0.4, 0.5) is 0 Å². The fourth-order valence-electron chi connectivity index (χ4n) is 3.04. The highest BCUT2D eigenvalue weighted by Crippen LogP contribution is 2.29. The van der Waals surface area contributed by atoms with Gasteiger partial charge in [-0.2, -0.15) is 5.10 Å². The van der Waals surface area contributed by atoms with Crippen molar-refractivity contribution in [2.75, 3.05) is 6.54 Å². The van der Waals surface area contributed by atoms with Crippen LogP contribution < -0.4 is 10.9 Å². The Kier molecular flexibility index (Phi) is 4.80. The molecule has 24 heavy (non-hydrogen) atoms. The third-order valence-electron chi connectivity index (χ3n) is 4.21. The highest BCUT2D eigenvalue weighted by molar-refractivity contribution is 5.94. The maximum absolute atomic E-state index is 12.4. The van der Waals surface area contributed by atoms with Crippen molar-refractivity contribution in [1.82, 2.24) is 20.1 Å². The number of aromatic nitrogens is 3. The van der Waals surface area contributed by atoms with Gasteiger partial charge >= 0.3 is 0 Å². The maximum Gasteiger partial charge on any atom is 0.272 e. The van der Waals surface area contributed by atoms with E-state index in [4.69, 9.17) is 4.74 Å². The first-order valence-corrected chi connectivity index (χ1v) is 8.22. The van der Waals surface area contributed by atoms with Gasteiger partial charge in [0.05, 0.1) is 17.9 Å². The van der Waals surface area contributed by atoms with Gasteiger partial charge in [0.1, 0.15) is 0 Å². The summed E-state index contributed by atoms with van der Waals surface area (Å²) in [6.07, 6.45) is 3.09. The van der Waals surface area contributed by atoms with E-state index in [0.29, 0.717) is 31.6 Å². The van der Waals surface area contributed by atoms with Crippen LogP contribution in [0, 0.1) is 0 Å². The zero-order valence-electron chi connectivity index (χ0n) is 13.9. The molecule has 3 rings (SSSR count). The Morgan fingerprint density at radius 1 is 1.46 bits per heavy atom. The minimum atomic E-state index is -0.186. The minimum Gasteiger partial charge on any atom is -0.369 e. The predicted octanol–water partition coefficient (Wildman–Crippen LogP) is 1.41. The Morgan fingerprint density at radius 3 is 3.08 bits per heavy atom. The Bertz CT molecular complexity index is 780. The fourth-order valence-corrected chi connectivity index (χ4v) is 3.04. The molecule has 0 spiro atoms. The van der Waals surface area contributed by atoms with Crippen LogP contribution in [0.1, 0.15) is 48.1 Å². The van der Waals surface area contributed by atoms with E-state index >= 15 is 0 Å². The van der Waals surface area contributed by atoms with Gasteiger partial charge in [0.25, 0.3) is 5.91 Å². The van der Waals surface area contributed by atoms with Crippen molar-refractivity contribution in [3.8, 4) is 0 Å². The average Bonchev–Trinajstić information content (AvgIpc) is 2.97. The van der Waals surface area contributed by atoms with Crippen molar-refractivity contribution in [3.63, 3.8) is 0 Å². The number of hydrogen-bond acceptors (Lipinski definition) is 4. The lowest BCUT2D eigenvalue weighted by molar-refractivity contribution is -0.00697. The molecule has 7 nitrogen and oxygen atoms in total. The topological polar surface area (TPSA) is 89.0 Å². The first kappa shape index (κ1) is 16.4. The van der Waals surface area contributed by atoms with Gasteiger partial charge in [0.15, 0.2) is 5.69 Å². The number of H-pyrrole nitrogens is 1. The number of amides is 1. The molecule has 3 heterocycles. The molecule has 0 saturated carbocycles. The molecule has 2 atom stereocenters. The monoisotopic (exact) mass is 330 g/mol. The molecule has 2 aromatic heterocycles. The van der Waals surface area contributed by atoms with E-state index in [9.17, 15) is 9.59 Å². The van der Waals surface area contributed by atoms with E-state index in [0.717, 1.165) is 11.3 Å². The number of hydrogen-bond donors (Lipinski definition) is 2. The largest absolute Gasteiger partial charge is 0.369 e. The standard InChI is InChI=1S/C17H22N4O3/c1-11-10-13-15(12(2)24-11)19-20-16(13)17(23)18-7-5-9-21-8-4-3-6-14(21)22/h3-4,6,8,11-12H,5,7,9-10H2,1-2H3,(H,18,23)(H,19,20)/t11-,12+/m1/s1. The third kappa shape index (κ3) is 3.41. The van der Waals surface area contributed by atoms with Crippen LogP contribution in [0.5, 0.6) is 0 Å². The number of fused-ring (bicyclic) bond motifs is 1. The second kappa shape index (κ2) is 7.00. The number of nitrogens with zero attached hydrogens (tertiary/aromatic N) is 2. The van der Waals surface area contributed by atoms with Gasteiger partial charge in [0, 0.05) is 37.3 Å². The van der Waals surface area contributed by atoms with Crippen molar-refractivity contribution in [2.24, 2.45) is 0 Å². The number of aromatic amines is 1. The van der Waals surface area contributed by atoms with Gasteiger partial charge in [0.2, 0.25) is 5.56 Å². The van der Waals surface area contributed by atoms with Crippen LogP contribution in [0.3, 0.4) is 0 Å². The first-order chi connectivity index (χ1) is 11.6. The van der Waals surface area contributed by atoms with E-state index in [-0.39, 0.29) is 23.7 Å². The summed E-state index contributed by atoms with van der Waals surface area (Å²) in [6.45, 7) is 5.00. The normalized spacial score (nSPS) is 19.8. The molecule has 2 aromatic rings. The zero-order valence-corrected chi connectivity index (χ0v) is 13.9. The summed E-state index contributed by atoms with van der Waals surface area (Å²) in [5.74, 6) is -0.186. The van der Waals surface area contributed by atoms with Crippen molar-refractivity contribution >= 4 is 5.91 Å². The highest BCUT2D eigenvalue weighted by Gasteiger charge is 2.29. The number of carbonyl (C=O) groups is 1. The van der Waals surface area contributed by atoms with Crippen LogP contribution in [0.25, 0.3) is 0 Å². The molecule has 0 radical (unpaired) electrons. The Labute approximate surface area is 140 Å². The smallest absolute Gasteiger partial charge is 0.272 e. The third-order valence-corrected chi connectivity index (χ3v) is 4.21. The van der Waals surface area contributed by atoms with E-state index in [1.165, 1.54) is 6.07 Å². The Morgan fingerprint density at radius 2 is 2.29 bits per heavy atom. The molecule has 0 aromatic carbocycles. The second-order valence-electron chi connectivity index (χ2n) is 6.10. The molecule has 0 unspecified atom stereocenters. The van der Waals surface area contributed by atoms with Crippen LogP contribution in [0.2, 0.25) is 0 Å². The molecular weight excluding hydrogens is 308 g/mol. The minimum absolute atomic E-state index is 0.0341. The number of rotatable bonds is 5. The molecule has 0 aliphatic carbocycles. The summed E-state index contributed by atoms with van der Waals surface area (Å²) in [5, 5.41) is 9.96. The van der Waals surface area contributed by atoms with E-state index in [2.05, 4.69) is 15.5 Å². The quantitative estimate of drug-likeness (QED) is 0.811. The van der Waals surface area contributed by atoms with Gasteiger partial charge in [-0.25, -0.2) is 0 Å². The molecule has 2 N–H and O–H groups in total. The lowest BCUT2D eigenvalue weighted by Crippen LogP contribution is -2.29. The molecule has 0 saturated heterocycles. The van der Waals surface area contributed by atoms with Gasteiger partial charge in [-0.1, -0.05) is 6.07 Å². The second-order valence-corrected chi connectivity index (χ2v) is 6.10. The lowest BCUT2D eigenvalue weighted by Gasteiger charge is -2.25. The van der Waals surface area contributed by atoms with E-state index < -0.39 is 0 Å². The van der Waals surface area contributed by atoms with Crippen LogP contribution in [-0.4, -0.2) is 33.3 Å². The fraction of sp³-hybridized carbons (Fsp3) is 0.471. The first-order valence-electron chi connectivity index (χ1n) is 8.22. The van der Waals surface area contributed by atoms with Gasteiger partial charge < -0.3 is 14.6 Å². The highest BCUT2D eigenvalue weighted by atomic mass is 16.5. The molecular formula is C17H22N4O3. The van der Waals surface area contributed by atoms with Crippen LogP contribution >= 0.6 is 0 Å². The number of aryl methyl sites for hydroxylation is 1. The number of nitrogens with one attached hydrogen (secondary N) is 2. The van der Waals surface area contributed by atoms with Crippen LogP contribution in [0.15, 0.2) is 29.2 Å². The number of pyridine rings is 1. The molecule has 1 aliphatic heterocycles. The summed E-state index contributed by atoms with van der Waals surface area (Å²) in [5.41, 5.74) is 2.24. The molecule has 7 heteroatoms. The van der Waals surface area contributed by atoms with Crippen molar-refractivity contribution in [2.45, 2.75) is 45.4 Å². The lowest BCUT2D eigenvalue weighted by atomic mass is 9.99. The van der Waals surface area contributed by atoms with Gasteiger partial charge in [-0.3, -0.25) is 14.7 Å². The summed E-state index contributed by atoms with van der Waals surface area (Å²) >= 11 is 0.